The maximum absolute atomic E-state index is 4.92. The van der Waals surface area contributed by atoms with Gasteiger partial charge in [0.15, 0.2) is 5.13 Å². The summed E-state index contributed by atoms with van der Waals surface area (Å²) in [5, 5.41) is 6.94. The average molecular weight is 312 g/mol. The molecule has 1 N–H and O–H groups in total. The van der Waals surface area contributed by atoms with E-state index in [0.717, 1.165) is 19.5 Å². The van der Waals surface area contributed by atoms with Crippen molar-refractivity contribution in [1.29, 1.82) is 0 Å². The van der Waals surface area contributed by atoms with Crippen molar-refractivity contribution in [2.45, 2.75) is 72.9 Å². The van der Waals surface area contributed by atoms with Crippen molar-refractivity contribution in [1.82, 2.24) is 10.3 Å². The molecule has 122 valence electrons. The van der Waals surface area contributed by atoms with Crippen LogP contribution in [0.15, 0.2) is 5.38 Å². The van der Waals surface area contributed by atoms with Crippen LogP contribution in [0.2, 0.25) is 0 Å². The van der Waals surface area contributed by atoms with E-state index in [9.17, 15) is 0 Å². The monoisotopic (exact) mass is 311 g/mol. The summed E-state index contributed by atoms with van der Waals surface area (Å²) in [6, 6.07) is 0.947. The van der Waals surface area contributed by atoms with Gasteiger partial charge in [-0.2, -0.15) is 0 Å². The highest BCUT2D eigenvalue weighted by Gasteiger charge is 2.20. The first kappa shape index (κ1) is 18.4. The number of nitrogens with zero attached hydrogens (tertiary/aromatic N) is 2. The predicted molar refractivity (Wildman–Crippen MR) is 95.4 cm³/mol. The molecule has 0 saturated heterocycles. The highest BCUT2D eigenvalue weighted by molar-refractivity contribution is 7.13. The molecule has 1 rings (SSSR count). The largest absolute Gasteiger partial charge is 0.345 e. The first-order valence-corrected chi connectivity index (χ1v) is 9.36. The molecule has 0 aliphatic heterocycles. The lowest BCUT2D eigenvalue weighted by molar-refractivity contribution is 0.504. The summed E-state index contributed by atoms with van der Waals surface area (Å²) in [5.74, 6) is 0.661. The van der Waals surface area contributed by atoms with Crippen LogP contribution in [0.1, 0.15) is 72.5 Å². The van der Waals surface area contributed by atoms with Crippen molar-refractivity contribution in [2.24, 2.45) is 5.92 Å². The Morgan fingerprint density at radius 1 is 1.19 bits per heavy atom. The van der Waals surface area contributed by atoms with E-state index in [1.165, 1.54) is 23.7 Å². The van der Waals surface area contributed by atoms with Gasteiger partial charge >= 0.3 is 0 Å². The van der Waals surface area contributed by atoms with Crippen molar-refractivity contribution < 1.29 is 0 Å². The Labute approximate surface area is 135 Å². The highest BCUT2D eigenvalue weighted by atomic mass is 32.1. The van der Waals surface area contributed by atoms with Crippen LogP contribution in [0.25, 0.3) is 0 Å². The number of nitrogens with one attached hydrogen (secondary N) is 1. The predicted octanol–water partition coefficient (Wildman–Crippen LogP) is 4.85. The molecule has 1 heterocycles. The Hall–Kier alpha value is -0.610. The number of aromatic nitrogens is 1. The molecule has 1 aromatic rings. The summed E-state index contributed by atoms with van der Waals surface area (Å²) < 4.78 is 0. The van der Waals surface area contributed by atoms with E-state index in [-0.39, 0.29) is 0 Å². The van der Waals surface area contributed by atoms with Gasteiger partial charge in [-0.1, -0.05) is 34.6 Å². The van der Waals surface area contributed by atoms with E-state index in [0.29, 0.717) is 18.0 Å². The van der Waals surface area contributed by atoms with Gasteiger partial charge in [0, 0.05) is 24.0 Å². The molecule has 0 bridgehead atoms. The van der Waals surface area contributed by atoms with Gasteiger partial charge in [0.1, 0.15) is 0 Å². The molecule has 21 heavy (non-hydrogen) atoms. The summed E-state index contributed by atoms with van der Waals surface area (Å²) >= 11 is 1.80. The Morgan fingerprint density at radius 3 is 2.38 bits per heavy atom. The van der Waals surface area contributed by atoms with Crippen LogP contribution in [-0.2, 0) is 0 Å². The van der Waals surface area contributed by atoms with Gasteiger partial charge < -0.3 is 10.2 Å². The lowest BCUT2D eigenvalue weighted by Crippen LogP contribution is -2.37. The van der Waals surface area contributed by atoms with Crippen molar-refractivity contribution in [2.75, 3.05) is 18.0 Å². The third-order valence-electron chi connectivity index (χ3n) is 3.84. The summed E-state index contributed by atoms with van der Waals surface area (Å²) in [5.41, 5.74) is 1.18. The minimum Gasteiger partial charge on any atom is -0.345 e. The fourth-order valence-corrected chi connectivity index (χ4v) is 3.58. The molecule has 0 fully saturated rings. The maximum atomic E-state index is 4.92. The molecule has 1 unspecified atom stereocenters. The lowest BCUT2D eigenvalue weighted by atomic mass is 10.1. The van der Waals surface area contributed by atoms with Gasteiger partial charge in [0.2, 0.25) is 0 Å². The Kier molecular flexibility index (Phi) is 8.27. The minimum atomic E-state index is 0.345. The van der Waals surface area contributed by atoms with Crippen LogP contribution in [-0.4, -0.2) is 24.1 Å². The Bertz CT molecular complexity index is 385. The zero-order chi connectivity index (χ0) is 15.8. The molecular formula is C17H33N3S. The van der Waals surface area contributed by atoms with Crippen molar-refractivity contribution in [3.8, 4) is 0 Å². The number of rotatable bonds is 10. The fraction of sp³-hybridized carbons (Fsp3) is 0.824. The van der Waals surface area contributed by atoms with E-state index in [1.54, 1.807) is 11.3 Å². The van der Waals surface area contributed by atoms with Crippen LogP contribution in [0.5, 0.6) is 0 Å². The van der Waals surface area contributed by atoms with E-state index in [1.807, 2.05) is 0 Å². The first-order chi connectivity index (χ1) is 10.0. The molecule has 1 aromatic heterocycles. The average Bonchev–Trinajstić information content (AvgIpc) is 2.94. The van der Waals surface area contributed by atoms with Crippen molar-refractivity contribution in [3.63, 3.8) is 0 Å². The Balaban J connectivity index is 2.85. The smallest absolute Gasteiger partial charge is 0.185 e. The van der Waals surface area contributed by atoms with Gasteiger partial charge in [0.25, 0.3) is 0 Å². The molecular weight excluding hydrogens is 278 g/mol. The molecule has 4 heteroatoms. The van der Waals surface area contributed by atoms with Crippen molar-refractivity contribution >= 4 is 16.5 Å². The summed E-state index contributed by atoms with van der Waals surface area (Å²) in [6.07, 6.45) is 3.53. The maximum Gasteiger partial charge on any atom is 0.185 e. The Morgan fingerprint density at radius 2 is 1.86 bits per heavy atom. The summed E-state index contributed by atoms with van der Waals surface area (Å²) in [4.78, 5) is 7.43. The van der Waals surface area contributed by atoms with Gasteiger partial charge in [-0.15, -0.1) is 11.3 Å². The molecule has 0 spiro atoms. The second kappa shape index (κ2) is 9.42. The normalized spacial score (nSPS) is 13.1. The zero-order valence-corrected chi connectivity index (χ0v) is 15.5. The quantitative estimate of drug-likeness (QED) is 0.669. The second-order valence-electron chi connectivity index (χ2n) is 6.25. The fourth-order valence-electron chi connectivity index (χ4n) is 2.58. The summed E-state index contributed by atoms with van der Waals surface area (Å²) in [7, 11) is 0. The highest BCUT2D eigenvalue weighted by Crippen LogP contribution is 2.28. The first-order valence-electron chi connectivity index (χ1n) is 8.48. The van der Waals surface area contributed by atoms with Gasteiger partial charge in [-0.05, 0) is 38.6 Å². The van der Waals surface area contributed by atoms with Gasteiger partial charge in [-0.3, -0.25) is 0 Å². The van der Waals surface area contributed by atoms with Crippen LogP contribution < -0.4 is 10.2 Å². The molecule has 0 radical (unpaired) electrons. The molecule has 0 amide bonds. The zero-order valence-electron chi connectivity index (χ0n) is 14.6. The van der Waals surface area contributed by atoms with Crippen LogP contribution in [0, 0.1) is 5.92 Å². The molecule has 3 nitrogen and oxygen atoms in total. The molecule has 0 saturated carbocycles. The minimum absolute atomic E-state index is 0.345. The van der Waals surface area contributed by atoms with Crippen LogP contribution in [0.3, 0.4) is 0 Å². The van der Waals surface area contributed by atoms with E-state index < -0.39 is 0 Å². The second-order valence-corrected chi connectivity index (χ2v) is 7.08. The molecule has 1 atom stereocenters. The SMILES string of the molecule is CCCNC(C)c1csc(N(CC(C)C)C(CC)CC)n1. The van der Waals surface area contributed by atoms with E-state index >= 15 is 0 Å². The van der Waals surface area contributed by atoms with E-state index in [2.05, 4.69) is 57.1 Å². The van der Waals surface area contributed by atoms with Gasteiger partial charge in [0.05, 0.1) is 5.69 Å². The topological polar surface area (TPSA) is 28.2 Å². The summed E-state index contributed by atoms with van der Waals surface area (Å²) in [6.45, 7) is 15.7. The van der Waals surface area contributed by atoms with Crippen LogP contribution in [0.4, 0.5) is 5.13 Å². The molecule has 0 aliphatic rings. The molecule has 0 aromatic carbocycles. The standard InChI is InChI=1S/C17H33N3S/c1-7-10-18-14(6)16-12-21-17(19-16)20(11-13(4)5)15(8-2)9-3/h12-15,18H,7-11H2,1-6H3. The van der Waals surface area contributed by atoms with Crippen molar-refractivity contribution in [3.05, 3.63) is 11.1 Å². The number of anilines is 1. The number of hydrogen-bond acceptors (Lipinski definition) is 4. The molecule has 0 aliphatic carbocycles. The van der Waals surface area contributed by atoms with E-state index in [4.69, 9.17) is 4.98 Å². The number of hydrogen-bond donors (Lipinski definition) is 1. The third kappa shape index (κ3) is 5.59. The van der Waals surface area contributed by atoms with Crippen LogP contribution >= 0.6 is 11.3 Å². The van der Waals surface area contributed by atoms with Gasteiger partial charge in [-0.25, -0.2) is 4.98 Å². The number of thiazole rings is 1. The third-order valence-corrected chi connectivity index (χ3v) is 4.74. The lowest BCUT2D eigenvalue weighted by Gasteiger charge is -2.31.